The van der Waals surface area contributed by atoms with E-state index in [1.54, 1.807) is 24.7 Å². The van der Waals surface area contributed by atoms with Gasteiger partial charge in [-0.1, -0.05) is 0 Å². The lowest BCUT2D eigenvalue weighted by atomic mass is 10.1. The number of morpholine rings is 1. The van der Waals surface area contributed by atoms with Gasteiger partial charge >= 0.3 is 28.4 Å². The zero-order chi connectivity index (χ0) is 15.5. The van der Waals surface area contributed by atoms with Crippen molar-refractivity contribution in [3.8, 4) is 0 Å². The Kier molecular flexibility index (Phi) is 5.57. The van der Waals surface area contributed by atoms with Crippen LogP contribution in [0, 0.1) is 0 Å². The Balaban J connectivity index is 2.90. The molecule has 0 bridgehead atoms. The van der Waals surface area contributed by atoms with Crippen molar-refractivity contribution in [1.29, 1.82) is 0 Å². The fourth-order valence-corrected chi connectivity index (χ4v) is 2.14. The normalized spacial score (nSPS) is 21.3. The quantitative estimate of drug-likeness (QED) is 0.493. The second kappa shape index (κ2) is 6.57. The lowest BCUT2D eigenvalue weighted by molar-refractivity contribution is -0.191. The Hall–Kier alpha value is -1.10. The highest BCUT2D eigenvalue weighted by molar-refractivity contribution is 6.15. The van der Waals surface area contributed by atoms with E-state index < -0.39 is 29.7 Å². The minimum atomic E-state index is -1.36. The number of carbonyl (C=O) groups is 3. The minimum Gasteiger partial charge on any atom is -0.457 e. The van der Waals surface area contributed by atoms with Gasteiger partial charge in [-0.2, -0.15) is 0 Å². The average molecular weight is 301 g/mol. The zero-order valence-electron chi connectivity index (χ0n) is 12.5. The smallest absolute Gasteiger partial charge is 0.367 e. The average Bonchev–Trinajstić information content (AvgIpc) is 2.27. The third-order valence-electron chi connectivity index (χ3n) is 2.55. The van der Waals surface area contributed by atoms with Crippen LogP contribution in [-0.4, -0.2) is 69.2 Å². The molecule has 0 saturated carbocycles. The summed E-state index contributed by atoms with van der Waals surface area (Å²) in [5.74, 6) is -1.79. The Morgan fingerprint density at radius 2 is 2.05 bits per heavy atom. The molecular weight excluding hydrogens is 281 g/mol. The Labute approximate surface area is 126 Å². The molecule has 112 valence electrons. The molecule has 0 aromatic heterocycles. The van der Waals surface area contributed by atoms with E-state index in [2.05, 4.69) is 0 Å². The SMILES string of the molecule is CC(=O)O[C@@H](C(=O)OC(C)(C)C)[C@H]1OCC[N]([AlH2])C1=O. The van der Waals surface area contributed by atoms with Crippen LogP contribution in [0.15, 0.2) is 0 Å². The first-order valence-corrected chi connectivity index (χ1v) is 7.28. The molecule has 1 saturated heterocycles. The molecule has 20 heavy (non-hydrogen) atoms. The van der Waals surface area contributed by atoms with Crippen molar-refractivity contribution in [2.75, 3.05) is 13.2 Å². The summed E-state index contributed by atoms with van der Waals surface area (Å²) in [5.41, 5.74) is -0.742. The van der Waals surface area contributed by atoms with Crippen molar-refractivity contribution < 1.29 is 28.6 Å². The van der Waals surface area contributed by atoms with Gasteiger partial charge in [0.1, 0.15) is 5.60 Å². The summed E-state index contributed by atoms with van der Waals surface area (Å²) in [6, 6.07) is 0. The second-order valence-corrected chi connectivity index (χ2v) is 6.69. The highest BCUT2D eigenvalue weighted by Crippen LogP contribution is 2.17. The Morgan fingerprint density at radius 3 is 2.55 bits per heavy atom. The number of amides is 1. The van der Waals surface area contributed by atoms with Crippen molar-refractivity contribution in [1.82, 2.24) is 3.88 Å². The third kappa shape index (κ3) is 4.78. The number of carbonyl (C=O) groups excluding carboxylic acids is 3. The van der Waals surface area contributed by atoms with Crippen molar-refractivity contribution in [2.24, 2.45) is 0 Å². The van der Waals surface area contributed by atoms with Crippen LogP contribution in [0.5, 0.6) is 0 Å². The van der Waals surface area contributed by atoms with Gasteiger partial charge in [0.15, 0.2) is 6.10 Å². The van der Waals surface area contributed by atoms with Gasteiger partial charge in [-0.25, -0.2) is 4.79 Å². The summed E-state index contributed by atoms with van der Waals surface area (Å²) >= 11 is 0.517. The minimum absolute atomic E-state index is 0.306. The van der Waals surface area contributed by atoms with Gasteiger partial charge in [-0.15, -0.1) is 0 Å². The van der Waals surface area contributed by atoms with E-state index >= 15 is 0 Å². The van der Waals surface area contributed by atoms with Crippen LogP contribution in [0.25, 0.3) is 0 Å². The molecule has 1 amide bonds. The molecule has 1 aliphatic rings. The predicted molar refractivity (Wildman–Crippen MR) is 71.4 cm³/mol. The predicted octanol–water partition coefficient (Wildman–Crippen LogP) is -0.965. The topological polar surface area (TPSA) is 82.1 Å². The number of hydrogen-bond donors (Lipinski definition) is 0. The number of esters is 2. The van der Waals surface area contributed by atoms with E-state index in [-0.39, 0.29) is 5.91 Å². The van der Waals surface area contributed by atoms with Crippen LogP contribution >= 0.6 is 0 Å². The summed E-state index contributed by atoms with van der Waals surface area (Å²) < 4.78 is 17.0. The summed E-state index contributed by atoms with van der Waals surface area (Å²) in [6.45, 7) is 7.04. The molecular formula is C12H20AlNO6. The molecule has 0 N–H and O–H groups in total. The van der Waals surface area contributed by atoms with Crippen molar-refractivity contribution in [3.63, 3.8) is 0 Å². The monoisotopic (exact) mass is 301 g/mol. The number of hydrogen-bond acceptors (Lipinski definition) is 6. The molecule has 1 aliphatic heterocycles. The summed E-state index contributed by atoms with van der Waals surface area (Å²) in [4.78, 5) is 35.3. The Morgan fingerprint density at radius 1 is 1.45 bits per heavy atom. The summed E-state index contributed by atoms with van der Waals surface area (Å²) in [6.07, 6.45) is -2.49. The summed E-state index contributed by atoms with van der Waals surface area (Å²) in [5, 5.41) is 0. The molecule has 7 nitrogen and oxygen atoms in total. The van der Waals surface area contributed by atoms with E-state index in [4.69, 9.17) is 14.2 Å². The first-order valence-electron chi connectivity index (χ1n) is 6.38. The zero-order valence-corrected chi connectivity index (χ0v) is 14.5. The van der Waals surface area contributed by atoms with Crippen molar-refractivity contribution >= 4 is 34.4 Å². The maximum absolute atomic E-state index is 12.1. The van der Waals surface area contributed by atoms with E-state index in [1.165, 1.54) is 6.92 Å². The van der Waals surface area contributed by atoms with E-state index in [0.717, 1.165) is 0 Å². The van der Waals surface area contributed by atoms with Gasteiger partial charge in [-0.05, 0) is 20.8 Å². The van der Waals surface area contributed by atoms with Gasteiger partial charge < -0.3 is 18.1 Å². The van der Waals surface area contributed by atoms with Crippen LogP contribution < -0.4 is 0 Å². The van der Waals surface area contributed by atoms with E-state index in [9.17, 15) is 14.4 Å². The molecule has 0 aromatic rings. The van der Waals surface area contributed by atoms with Crippen molar-refractivity contribution in [2.45, 2.75) is 45.5 Å². The maximum atomic E-state index is 12.1. The first kappa shape index (κ1) is 17.0. The number of ether oxygens (including phenoxy) is 3. The van der Waals surface area contributed by atoms with Crippen molar-refractivity contribution in [3.05, 3.63) is 0 Å². The lowest BCUT2D eigenvalue weighted by Crippen LogP contribution is -2.55. The molecule has 8 heteroatoms. The lowest BCUT2D eigenvalue weighted by Gasteiger charge is -2.34. The molecule has 1 fully saturated rings. The number of nitrogens with zero attached hydrogens (tertiary/aromatic N) is 1. The van der Waals surface area contributed by atoms with Gasteiger partial charge in [-0.3, -0.25) is 9.59 Å². The van der Waals surface area contributed by atoms with Crippen LogP contribution in [0.1, 0.15) is 27.7 Å². The van der Waals surface area contributed by atoms with Gasteiger partial charge in [0, 0.05) is 13.5 Å². The molecule has 0 spiro atoms. The van der Waals surface area contributed by atoms with Crippen LogP contribution in [0.2, 0.25) is 0 Å². The number of rotatable bonds is 3. The standard InChI is InChI=1S/C12H19NO6.Al.2H/c1-7(14)18-9(11(16)19-12(2,3)4)8-10(15)13-5-6-17-8;;;/h8-9H,5-6H2,1-4H3,(H,13,15);;;/q;+1;;/p-1/t8-,9-;;;/m1.../s1. The fourth-order valence-electron chi connectivity index (χ4n) is 1.70. The second-order valence-electron chi connectivity index (χ2n) is 5.61. The van der Waals surface area contributed by atoms with Gasteiger partial charge in [0.2, 0.25) is 12.0 Å². The highest BCUT2D eigenvalue weighted by atomic mass is 27.1. The molecule has 0 aliphatic carbocycles. The molecule has 0 aromatic carbocycles. The molecule has 1 rings (SSSR count). The third-order valence-corrected chi connectivity index (χ3v) is 3.44. The van der Waals surface area contributed by atoms with Crippen LogP contribution in [0.3, 0.4) is 0 Å². The molecule has 0 unspecified atom stereocenters. The molecule has 1 heterocycles. The largest absolute Gasteiger partial charge is 0.457 e. The van der Waals surface area contributed by atoms with E-state index in [0.29, 0.717) is 29.7 Å². The Bertz CT molecular complexity index is 405. The molecule has 2 atom stereocenters. The molecule has 0 radical (unpaired) electrons. The maximum Gasteiger partial charge on any atom is 0.367 e. The van der Waals surface area contributed by atoms with Crippen LogP contribution in [-0.2, 0) is 28.6 Å². The van der Waals surface area contributed by atoms with Gasteiger partial charge in [0.05, 0.1) is 6.61 Å². The van der Waals surface area contributed by atoms with Gasteiger partial charge in [0.25, 0.3) is 0 Å². The highest BCUT2D eigenvalue weighted by Gasteiger charge is 2.42. The van der Waals surface area contributed by atoms with Crippen LogP contribution in [0.4, 0.5) is 0 Å². The fraction of sp³-hybridized carbons (Fsp3) is 0.750. The summed E-state index contributed by atoms with van der Waals surface area (Å²) in [7, 11) is 0. The van der Waals surface area contributed by atoms with E-state index in [1.807, 2.05) is 0 Å². The first-order chi connectivity index (χ1) is 9.11.